The fourth-order valence-corrected chi connectivity index (χ4v) is 5.04. The first kappa shape index (κ1) is 21.5. The van der Waals surface area contributed by atoms with Crippen LogP contribution in [0.3, 0.4) is 0 Å². The molecule has 1 aromatic heterocycles. The summed E-state index contributed by atoms with van der Waals surface area (Å²) in [5, 5.41) is 9.40. The highest BCUT2D eigenvalue weighted by Crippen LogP contribution is 2.24. The van der Waals surface area contributed by atoms with Gasteiger partial charge in [0.15, 0.2) is 0 Å². The lowest BCUT2D eigenvalue weighted by molar-refractivity contribution is -0.126. The number of thiophene rings is 1. The first-order chi connectivity index (χ1) is 15.0. The summed E-state index contributed by atoms with van der Waals surface area (Å²) in [6, 6.07) is 16.1. The van der Waals surface area contributed by atoms with Gasteiger partial charge in [-0.3, -0.25) is 9.59 Å². The maximum absolute atomic E-state index is 13.1. The maximum Gasteiger partial charge on any atom is 0.254 e. The van der Waals surface area contributed by atoms with Gasteiger partial charge in [0, 0.05) is 31.1 Å². The van der Waals surface area contributed by atoms with Crippen LogP contribution in [-0.4, -0.2) is 55.3 Å². The van der Waals surface area contributed by atoms with Crippen LogP contribution < -0.4 is 5.32 Å². The van der Waals surface area contributed by atoms with Gasteiger partial charge in [-0.05, 0) is 66.2 Å². The minimum Gasteiger partial charge on any atom is -0.354 e. The van der Waals surface area contributed by atoms with E-state index >= 15 is 0 Å². The monoisotopic (exact) mass is 435 g/mol. The number of likely N-dealkylation sites (tertiary alicyclic amines) is 1. The molecule has 3 aromatic rings. The third kappa shape index (κ3) is 4.81. The fourth-order valence-electron chi connectivity index (χ4n) is 4.33. The zero-order valence-electron chi connectivity index (χ0n) is 18.1. The molecule has 0 saturated carbocycles. The van der Waals surface area contributed by atoms with E-state index in [0.29, 0.717) is 32.5 Å². The van der Waals surface area contributed by atoms with Crippen LogP contribution >= 0.6 is 11.3 Å². The number of likely N-dealkylation sites (N-methyl/N-ethyl adjacent to an activating group) is 1. The van der Waals surface area contributed by atoms with Crippen LogP contribution in [0.1, 0.15) is 34.8 Å². The van der Waals surface area contributed by atoms with Crippen molar-refractivity contribution in [2.24, 2.45) is 5.92 Å². The molecule has 2 heterocycles. The van der Waals surface area contributed by atoms with Gasteiger partial charge < -0.3 is 15.1 Å². The zero-order valence-corrected chi connectivity index (χ0v) is 18.9. The van der Waals surface area contributed by atoms with Crippen molar-refractivity contribution in [1.29, 1.82) is 0 Å². The summed E-state index contributed by atoms with van der Waals surface area (Å²) in [6.45, 7) is 1.82. The molecule has 5 nitrogen and oxygen atoms in total. The Morgan fingerprint density at radius 3 is 2.55 bits per heavy atom. The van der Waals surface area contributed by atoms with Crippen molar-refractivity contribution in [2.75, 3.05) is 33.7 Å². The Hall–Kier alpha value is -2.70. The molecule has 1 aliphatic heterocycles. The number of hydrogen-bond acceptors (Lipinski definition) is 4. The number of benzene rings is 2. The van der Waals surface area contributed by atoms with Crippen molar-refractivity contribution in [3.8, 4) is 0 Å². The molecule has 1 N–H and O–H groups in total. The number of amides is 2. The van der Waals surface area contributed by atoms with Gasteiger partial charge in [-0.2, -0.15) is 11.3 Å². The van der Waals surface area contributed by atoms with Gasteiger partial charge in [0.1, 0.15) is 0 Å². The van der Waals surface area contributed by atoms with Gasteiger partial charge in [0.2, 0.25) is 5.91 Å². The molecule has 4 rings (SSSR count). The lowest BCUT2D eigenvalue weighted by atomic mass is 9.94. The summed E-state index contributed by atoms with van der Waals surface area (Å²) in [7, 11) is 4.07. The molecule has 1 fully saturated rings. The van der Waals surface area contributed by atoms with E-state index in [1.165, 1.54) is 5.56 Å². The summed E-state index contributed by atoms with van der Waals surface area (Å²) in [6.07, 6.45) is 1.40. The van der Waals surface area contributed by atoms with Crippen LogP contribution in [0.25, 0.3) is 10.8 Å². The van der Waals surface area contributed by atoms with Crippen LogP contribution in [0.4, 0.5) is 0 Å². The molecule has 1 unspecified atom stereocenters. The molecular weight excluding hydrogens is 406 g/mol. The summed E-state index contributed by atoms with van der Waals surface area (Å²) >= 11 is 1.67. The lowest BCUT2D eigenvalue weighted by Crippen LogP contribution is -2.44. The van der Waals surface area contributed by atoms with Crippen LogP contribution in [-0.2, 0) is 4.79 Å². The number of hydrogen-bond donors (Lipinski definition) is 1. The second kappa shape index (κ2) is 9.62. The summed E-state index contributed by atoms with van der Waals surface area (Å²) in [4.78, 5) is 29.9. The zero-order chi connectivity index (χ0) is 21.8. The van der Waals surface area contributed by atoms with Crippen LogP contribution in [0.15, 0.2) is 59.3 Å². The molecule has 2 amide bonds. The van der Waals surface area contributed by atoms with Crippen LogP contribution in [0.2, 0.25) is 0 Å². The van der Waals surface area contributed by atoms with Crippen molar-refractivity contribution in [3.05, 3.63) is 70.4 Å². The van der Waals surface area contributed by atoms with Crippen molar-refractivity contribution in [3.63, 3.8) is 0 Å². The first-order valence-electron chi connectivity index (χ1n) is 10.8. The Morgan fingerprint density at radius 2 is 1.84 bits per heavy atom. The number of piperidine rings is 1. The van der Waals surface area contributed by atoms with Gasteiger partial charge >= 0.3 is 0 Å². The second-order valence-electron chi connectivity index (χ2n) is 8.37. The Morgan fingerprint density at radius 1 is 1.10 bits per heavy atom. The number of fused-ring (bicyclic) bond motifs is 1. The van der Waals surface area contributed by atoms with Gasteiger partial charge in [0.05, 0.1) is 6.04 Å². The van der Waals surface area contributed by atoms with E-state index in [4.69, 9.17) is 0 Å². The maximum atomic E-state index is 13.1. The number of carbonyl (C=O) groups excluding carboxylic acids is 2. The standard InChI is InChI=1S/C25H29N3O2S/c1-27(2)23(20-12-15-31-17-20)16-26-24(29)19-10-13-28(14-11-19)25(30)22-9-5-7-18-6-3-4-8-21(18)22/h3-9,12,15,17,19,23H,10-11,13-14,16H2,1-2H3,(H,26,29). The quantitative estimate of drug-likeness (QED) is 0.632. The van der Waals surface area contributed by atoms with Crippen LogP contribution in [0.5, 0.6) is 0 Å². The van der Waals surface area contributed by atoms with Gasteiger partial charge in [-0.15, -0.1) is 0 Å². The molecule has 6 heteroatoms. The molecule has 162 valence electrons. The van der Waals surface area contributed by atoms with Gasteiger partial charge in [-0.25, -0.2) is 0 Å². The van der Waals surface area contributed by atoms with Gasteiger partial charge in [-0.1, -0.05) is 36.4 Å². The van der Waals surface area contributed by atoms with E-state index in [9.17, 15) is 9.59 Å². The summed E-state index contributed by atoms with van der Waals surface area (Å²) < 4.78 is 0. The van der Waals surface area contributed by atoms with Crippen molar-refractivity contribution in [2.45, 2.75) is 18.9 Å². The van der Waals surface area contributed by atoms with Crippen molar-refractivity contribution in [1.82, 2.24) is 15.1 Å². The molecular formula is C25H29N3O2S. The Balaban J connectivity index is 1.34. The molecule has 1 saturated heterocycles. The third-order valence-corrected chi connectivity index (χ3v) is 6.90. The minimum absolute atomic E-state index is 0.0399. The predicted molar refractivity (Wildman–Crippen MR) is 126 cm³/mol. The Labute approximate surface area is 187 Å². The van der Waals surface area contributed by atoms with E-state index in [1.807, 2.05) is 61.5 Å². The number of carbonyl (C=O) groups is 2. The van der Waals surface area contributed by atoms with Crippen molar-refractivity contribution < 1.29 is 9.59 Å². The van der Waals surface area contributed by atoms with E-state index in [2.05, 4.69) is 27.0 Å². The Kier molecular flexibility index (Phi) is 6.68. The number of nitrogens with zero attached hydrogens (tertiary/aromatic N) is 2. The first-order valence-corrected chi connectivity index (χ1v) is 11.7. The minimum atomic E-state index is -0.0399. The normalized spacial score (nSPS) is 15.9. The fraction of sp³-hybridized carbons (Fsp3) is 0.360. The topological polar surface area (TPSA) is 52.7 Å². The van der Waals surface area contributed by atoms with Crippen LogP contribution in [0, 0.1) is 5.92 Å². The molecule has 2 aromatic carbocycles. The summed E-state index contributed by atoms with van der Waals surface area (Å²) in [5.74, 6) is 0.113. The number of rotatable bonds is 6. The molecule has 0 radical (unpaired) electrons. The number of nitrogens with one attached hydrogen (secondary N) is 1. The van der Waals surface area contributed by atoms with Gasteiger partial charge in [0.25, 0.3) is 5.91 Å². The molecule has 1 aliphatic rings. The van der Waals surface area contributed by atoms with Crippen molar-refractivity contribution >= 4 is 33.9 Å². The highest BCUT2D eigenvalue weighted by atomic mass is 32.1. The highest BCUT2D eigenvalue weighted by Gasteiger charge is 2.29. The average Bonchev–Trinajstić information content (AvgIpc) is 3.32. The Bertz CT molecular complexity index is 1030. The van der Waals surface area contributed by atoms with E-state index in [0.717, 1.165) is 16.3 Å². The second-order valence-corrected chi connectivity index (χ2v) is 9.15. The van der Waals surface area contributed by atoms with E-state index < -0.39 is 0 Å². The molecule has 31 heavy (non-hydrogen) atoms. The largest absolute Gasteiger partial charge is 0.354 e. The van der Waals surface area contributed by atoms with E-state index in [-0.39, 0.29) is 23.8 Å². The summed E-state index contributed by atoms with van der Waals surface area (Å²) in [5.41, 5.74) is 1.97. The molecule has 1 atom stereocenters. The predicted octanol–water partition coefficient (Wildman–Crippen LogP) is 4.17. The lowest BCUT2D eigenvalue weighted by Gasteiger charge is -2.32. The molecule has 0 bridgehead atoms. The third-order valence-electron chi connectivity index (χ3n) is 6.19. The highest BCUT2D eigenvalue weighted by molar-refractivity contribution is 7.08. The average molecular weight is 436 g/mol. The SMILES string of the molecule is CN(C)C(CNC(=O)C1CCN(C(=O)c2cccc3ccccc23)CC1)c1ccsc1. The van der Waals surface area contributed by atoms with E-state index in [1.54, 1.807) is 11.3 Å². The molecule has 0 spiro atoms. The smallest absolute Gasteiger partial charge is 0.254 e. The molecule has 0 aliphatic carbocycles.